The van der Waals surface area contributed by atoms with Gasteiger partial charge in [0, 0.05) is 54.5 Å². The van der Waals surface area contributed by atoms with Gasteiger partial charge in [-0.15, -0.1) is 13.2 Å². The van der Waals surface area contributed by atoms with Crippen LogP contribution in [0.3, 0.4) is 0 Å². The average molecular weight is 867 g/mol. The zero-order chi connectivity index (χ0) is 42.1. The number of ether oxygens (including phenoxy) is 2. The van der Waals surface area contributed by atoms with Crippen LogP contribution in [0.5, 0.6) is 11.6 Å². The molecular weight excluding hydrogens is 825 g/mol. The van der Waals surface area contributed by atoms with Gasteiger partial charge < -0.3 is 19.0 Å². The molecule has 2 saturated heterocycles. The van der Waals surface area contributed by atoms with Gasteiger partial charge >= 0.3 is 6.36 Å². The normalized spacial score (nSPS) is 21.1. The number of carbonyl (C=O) groups excluding carboxylic acids is 1. The fourth-order valence-electron chi connectivity index (χ4n) is 8.84. The minimum atomic E-state index is -5.01. The molecule has 316 valence electrons. The second-order valence-electron chi connectivity index (χ2n) is 16.0. The van der Waals surface area contributed by atoms with Gasteiger partial charge in [0.2, 0.25) is 27.7 Å². The number of nitrogens with zero attached hydrogens (tertiary/aromatic N) is 5. The van der Waals surface area contributed by atoms with E-state index in [0.717, 1.165) is 12.1 Å². The Morgan fingerprint density at radius 2 is 1.77 bits per heavy atom. The molecule has 0 radical (unpaired) electrons. The van der Waals surface area contributed by atoms with Gasteiger partial charge in [-0.25, -0.2) is 18.4 Å². The van der Waals surface area contributed by atoms with Gasteiger partial charge in [0.25, 0.3) is 0 Å². The fourth-order valence-corrected chi connectivity index (χ4v) is 10.5. The molecular formula is C42H42ClF3N6O7S. The highest BCUT2D eigenvalue weighted by atomic mass is 35.5. The molecule has 9 rings (SSSR count). The van der Waals surface area contributed by atoms with Crippen LogP contribution in [-0.2, 0) is 27.8 Å². The van der Waals surface area contributed by atoms with Crippen LogP contribution in [0.25, 0.3) is 44.9 Å². The van der Waals surface area contributed by atoms with Crippen molar-refractivity contribution < 1.29 is 45.4 Å². The average Bonchev–Trinajstić information content (AvgIpc) is 3.47. The third-order valence-electron chi connectivity index (χ3n) is 12.0. The number of methoxy groups -OCH3 is 1. The SMILES string of the molecule is COc1nc(-c2cccc(-c3cccc(-c4nc5cc6c(c(OC(F)(F)F)c5o4)CC[C@H]6N4CC[C@@H](C(=O)NS(=O)(=O)C5CC5)C4)c3C)c2Cl)cnc1CN1CC[C@@H](O)C1. The standard InChI is InChI=1S/C42H42ClF3N6O7S/c1-22-26(28-7-4-8-30(36(28)43)33-18-47-34(41(49-33)57-2)21-51-15-14-24(53)20-51)5-3-6-27(22)40-48-32-17-31-29(37(38(32)58-40)59-42(44,45)46)11-12-35(31)52-16-13-23(19-52)39(54)50-60(55,56)25-9-10-25/h3-8,17-18,23-25,35,53H,9-16,19-21H2,1-2H3,(H,50,54)/t23-,24-,35-/m1/s1. The second-order valence-corrected chi connectivity index (χ2v) is 18.3. The number of alkyl halides is 3. The van der Waals surface area contributed by atoms with E-state index in [1.54, 1.807) is 24.4 Å². The summed E-state index contributed by atoms with van der Waals surface area (Å²) in [7, 11) is -2.18. The number of amides is 1. The molecule has 1 saturated carbocycles. The Kier molecular flexibility index (Phi) is 10.5. The van der Waals surface area contributed by atoms with Crippen molar-refractivity contribution in [1.29, 1.82) is 0 Å². The third-order valence-corrected chi connectivity index (χ3v) is 14.3. The molecule has 4 heterocycles. The first-order valence-electron chi connectivity index (χ1n) is 19.9. The zero-order valence-electron chi connectivity index (χ0n) is 32.8. The number of carbonyl (C=O) groups is 1. The Labute approximate surface area is 348 Å². The van der Waals surface area contributed by atoms with Crippen LogP contribution < -0.4 is 14.2 Å². The lowest BCUT2D eigenvalue weighted by atomic mass is 9.94. The van der Waals surface area contributed by atoms with Crippen molar-refractivity contribution in [3.63, 3.8) is 0 Å². The number of sulfonamides is 1. The van der Waals surface area contributed by atoms with E-state index in [9.17, 15) is 31.5 Å². The number of hydrogen-bond acceptors (Lipinski definition) is 12. The number of fused-ring (bicyclic) bond motifs is 2. The van der Waals surface area contributed by atoms with Gasteiger partial charge in [0.1, 0.15) is 11.2 Å². The molecule has 60 heavy (non-hydrogen) atoms. The van der Waals surface area contributed by atoms with Gasteiger partial charge in [-0.1, -0.05) is 41.9 Å². The summed E-state index contributed by atoms with van der Waals surface area (Å²) < 4.78 is 85.6. The Bertz CT molecular complexity index is 2620. The summed E-state index contributed by atoms with van der Waals surface area (Å²) >= 11 is 7.12. The number of oxazole rings is 1. The molecule has 2 aliphatic heterocycles. The number of rotatable bonds is 11. The Balaban J connectivity index is 1.02. The smallest absolute Gasteiger partial charge is 0.480 e. The number of benzene rings is 3. The van der Waals surface area contributed by atoms with Crippen LogP contribution in [0.1, 0.15) is 60.5 Å². The molecule has 0 unspecified atom stereocenters. The maximum Gasteiger partial charge on any atom is 0.573 e. The van der Waals surface area contributed by atoms with Gasteiger partial charge in [-0.3, -0.25) is 24.3 Å². The summed E-state index contributed by atoms with van der Waals surface area (Å²) in [5.41, 5.74) is 5.41. The lowest BCUT2D eigenvalue weighted by Crippen LogP contribution is -2.38. The van der Waals surface area contributed by atoms with E-state index in [1.807, 2.05) is 36.1 Å². The first-order valence-corrected chi connectivity index (χ1v) is 21.8. The molecule has 5 aromatic rings. The van der Waals surface area contributed by atoms with Crippen molar-refractivity contribution in [2.24, 2.45) is 5.92 Å². The summed E-state index contributed by atoms with van der Waals surface area (Å²) in [5, 5.41) is 9.83. The number of aromatic nitrogens is 3. The minimum Gasteiger partial charge on any atom is -0.480 e. The maximum absolute atomic E-state index is 14.0. The Morgan fingerprint density at radius 3 is 2.48 bits per heavy atom. The second kappa shape index (κ2) is 15.6. The quantitative estimate of drug-likeness (QED) is 0.141. The van der Waals surface area contributed by atoms with Gasteiger partial charge in [-0.2, -0.15) is 0 Å². The van der Waals surface area contributed by atoms with Crippen LogP contribution in [0.2, 0.25) is 5.02 Å². The molecule has 18 heteroatoms. The summed E-state index contributed by atoms with van der Waals surface area (Å²) in [4.78, 5) is 31.2. The molecule has 3 fully saturated rings. The highest BCUT2D eigenvalue weighted by Gasteiger charge is 2.43. The van der Waals surface area contributed by atoms with Gasteiger partial charge in [0.05, 0.1) is 41.3 Å². The largest absolute Gasteiger partial charge is 0.573 e. The van der Waals surface area contributed by atoms with Gasteiger partial charge in [0.15, 0.2) is 11.3 Å². The van der Waals surface area contributed by atoms with Crippen molar-refractivity contribution in [3.8, 4) is 45.5 Å². The number of β-amino-alcohol motifs (C(OH)–C–C–N with tert-alkyl or cyclic N) is 1. The summed E-state index contributed by atoms with van der Waals surface area (Å²) in [6, 6.07) is 12.4. The summed E-state index contributed by atoms with van der Waals surface area (Å²) in [6.07, 6.45) is -0.824. The van der Waals surface area contributed by atoms with Crippen LogP contribution in [0.4, 0.5) is 13.2 Å². The lowest BCUT2D eigenvalue weighted by Gasteiger charge is -2.25. The van der Waals surface area contributed by atoms with Crippen molar-refractivity contribution in [1.82, 2.24) is 29.5 Å². The summed E-state index contributed by atoms with van der Waals surface area (Å²) in [5.74, 6) is -1.12. The molecule has 0 bridgehead atoms. The van der Waals surface area contributed by atoms with Gasteiger partial charge in [-0.05, 0) is 80.8 Å². The predicted octanol–water partition coefficient (Wildman–Crippen LogP) is 6.97. The molecule has 2 aliphatic carbocycles. The van der Waals surface area contributed by atoms with E-state index >= 15 is 0 Å². The monoisotopic (exact) mass is 866 g/mol. The van der Waals surface area contributed by atoms with Crippen molar-refractivity contribution >= 4 is 38.6 Å². The highest BCUT2D eigenvalue weighted by molar-refractivity contribution is 7.90. The van der Waals surface area contributed by atoms with E-state index in [0.29, 0.717) is 107 Å². The molecule has 1 amide bonds. The van der Waals surface area contributed by atoms with Crippen LogP contribution in [0, 0.1) is 12.8 Å². The van der Waals surface area contributed by atoms with Crippen LogP contribution in [-0.4, -0.2) is 95.2 Å². The molecule has 2 aromatic heterocycles. The van der Waals surface area contributed by atoms with Crippen molar-refractivity contribution in [2.45, 2.75) is 75.8 Å². The van der Waals surface area contributed by atoms with E-state index in [4.69, 9.17) is 30.7 Å². The number of aliphatic hydroxyl groups is 1. The fraction of sp³-hybridized carbons (Fsp3) is 0.429. The van der Waals surface area contributed by atoms with Crippen LogP contribution in [0.15, 0.2) is 53.1 Å². The molecule has 2 N–H and O–H groups in total. The minimum absolute atomic E-state index is 0.0929. The molecule has 3 atom stereocenters. The third kappa shape index (κ3) is 7.81. The predicted molar refractivity (Wildman–Crippen MR) is 216 cm³/mol. The number of halogens is 4. The van der Waals surface area contributed by atoms with Crippen molar-refractivity contribution in [2.75, 3.05) is 33.3 Å². The Morgan fingerprint density at radius 1 is 1.02 bits per heavy atom. The van der Waals surface area contributed by atoms with Crippen molar-refractivity contribution in [3.05, 3.63) is 76.1 Å². The first-order chi connectivity index (χ1) is 28.7. The highest BCUT2D eigenvalue weighted by Crippen LogP contribution is 2.48. The zero-order valence-corrected chi connectivity index (χ0v) is 34.3. The van der Waals surface area contributed by atoms with E-state index < -0.39 is 39.2 Å². The van der Waals surface area contributed by atoms with E-state index in [2.05, 4.69) is 19.3 Å². The molecule has 3 aromatic carbocycles. The molecule has 0 spiro atoms. The van der Waals surface area contributed by atoms with E-state index in [1.165, 1.54) is 7.11 Å². The molecule has 4 aliphatic rings. The van der Waals surface area contributed by atoms with E-state index in [-0.39, 0.29) is 42.1 Å². The molecule has 13 nitrogen and oxygen atoms in total. The first kappa shape index (κ1) is 40.6. The number of aliphatic hydroxyl groups excluding tert-OH is 1. The number of hydrogen-bond donors (Lipinski definition) is 2. The topological polar surface area (TPSA) is 160 Å². The number of nitrogens with one attached hydrogen (secondary N) is 1. The summed E-state index contributed by atoms with van der Waals surface area (Å²) in [6.45, 7) is 4.36. The lowest BCUT2D eigenvalue weighted by molar-refractivity contribution is -0.274. The number of likely N-dealkylation sites (tertiary alicyclic amines) is 2. The Hall–Kier alpha value is -4.81. The van der Waals surface area contributed by atoms with Crippen LogP contribution >= 0.6 is 11.6 Å². The maximum atomic E-state index is 14.0.